The van der Waals surface area contributed by atoms with Gasteiger partial charge in [0.05, 0.1) is 15.4 Å². The third kappa shape index (κ3) is 3.21. The molecule has 0 bridgehead atoms. The number of hydrogen-bond donors (Lipinski definition) is 1. The Morgan fingerprint density at radius 2 is 1.83 bits per heavy atom. The van der Waals surface area contributed by atoms with Crippen molar-refractivity contribution in [2.75, 3.05) is 0 Å². The molecule has 3 aromatic rings. The van der Waals surface area contributed by atoms with Gasteiger partial charge < -0.3 is 9.72 Å². The minimum Gasteiger partial charge on any atom is -0.405 e. The Labute approximate surface area is 136 Å². The Bertz CT molecular complexity index is 938. The van der Waals surface area contributed by atoms with E-state index in [-0.39, 0.29) is 21.4 Å². The number of benzene rings is 2. The molecule has 1 aromatic heterocycles. The van der Waals surface area contributed by atoms with Crippen LogP contribution >= 0.6 is 15.9 Å². The van der Waals surface area contributed by atoms with Crippen LogP contribution in [0.5, 0.6) is 5.75 Å². The number of aromatic amines is 1. The van der Waals surface area contributed by atoms with E-state index in [9.17, 15) is 18.0 Å². The van der Waals surface area contributed by atoms with Crippen LogP contribution in [0.4, 0.5) is 13.2 Å². The fourth-order valence-electron chi connectivity index (χ4n) is 2.11. The van der Waals surface area contributed by atoms with Crippen LogP contribution < -0.4 is 10.3 Å². The number of halogens is 4. The van der Waals surface area contributed by atoms with Gasteiger partial charge in [0.2, 0.25) is 0 Å². The van der Waals surface area contributed by atoms with Gasteiger partial charge in [-0.3, -0.25) is 4.79 Å². The van der Waals surface area contributed by atoms with Crippen molar-refractivity contribution >= 4 is 26.8 Å². The number of rotatable bonds is 2. The van der Waals surface area contributed by atoms with E-state index < -0.39 is 12.1 Å². The molecule has 0 aliphatic heterocycles. The summed E-state index contributed by atoms with van der Waals surface area (Å²) in [5.74, 6) is -0.265. The molecule has 0 saturated carbocycles. The highest BCUT2D eigenvalue weighted by Crippen LogP contribution is 2.36. The third-order valence-corrected chi connectivity index (χ3v) is 3.87. The normalized spacial score (nSPS) is 11.7. The van der Waals surface area contributed by atoms with Gasteiger partial charge >= 0.3 is 6.36 Å². The molecule has 0 aliphatic rings. The van der Waals surface area contributed by atoms with E-state index >= 15 is 0 Å². The van der Waals surface area contributed by atoms with Crippen LogP contribution in [0.2, 0.25) is 0 Å². The van der Waals surface area contributed by atoms with Crippen LogP contribution in [-0.4, -0.2) is 16.3 Å². The Morgan fingerprint density at radius 1 is 1.09 bits per heavy atom. The lowest BCUT2D eigenvalue weighted by atomic mass is 10.2. The summed E-state index contributed by atoms with van der Waals surface area (Å²) < 4.78 is 41.2. The molecule has 1 N–H and O–H groups in total. The molecule has 0 saturated heterocycles. The molecule has 1 heterocycles. The molecule has 0 aliphatic carbocycles. The molecule has 0 unspecified atom stereocenters. The fraction of sp³-hybridized carbons (Fsp3) is 0.0667. The summed E-state index contributed by atoms with van der Waals surface area (Å²) in [5.41, 5.74) is 0.356. The van der Waals surface area contributed by atoms with E-state index in [1.165, 1.54) is 18.2 Å². The summed E-state index contributed by atoms with van der Waals surface area (Å²) in [5, 5.41) is 0.398. The molecule has 118 valence electrons. The zero-order valence-electron chi connectivity index (χ0n) is 11.3. The maximum absolute atomic E-state index is 12.4. The summed E-state index contributed by atoms with van der Waals surface area (Å²) in [7, 11) is 0. The van der Waals surface area contributed by atoms with Crippen LogP contribution in [0, 0.1) is 0 Å². The predicted molar refractivity (Wildman–Crippen MR) is 82.2 cm³/mol. The molecule has 23 heavy (non-hydrogen) atoms. The number of fused-ring (bicyclic) bond motifs is 1. The number of aromatic nitrogens is 2. The molecule has 0 atom stereocenters. The lowest BCUT2D eigenvalue weighted by molar-refractivity contribution is -0.274. The maximum Gasteiger partial charge on any atom is 0.573 e. The van der Waals surface area contributed by atoms with Crippen molar-refractivity contribution in [3.8, 4) is 17.1 Å². The molecular weight excluding hydrogens is 377 g/mol. The fourth-order valence-corrected chi connectivity index (χ4v) is 2.64. The van der Waals surface area contributed by atoms with Gasteiger partial charge in [0.25, 0.3) is 5.56 Å². The first kappa shape index (κ1) is 15.5. The van der Waals surface area contributed by atoms with Crippen molar-refractivity contribution in [1.82, 2.24) is 9.97 Å². The number of H-pyrrole nitrogens is 1. The van der Waals surface area contributed by atoms with E-state index in [1.807, 2.05) is 0 Å². The highest BCUT2D eigenvalue weighted by molar-refractivity contribution is 9.10. The van der Waals surface area contributed by atoms with E-state index in [0.29, 0.717) is 10.9 Å². The van der Waals surface area contributed by atoms with Crippen molar-refractivity contribution in [3.05, 3.63) is 57.3 Å². The van der Waals surface area contributed by atoms with Crippen molar-refractivity contribution in [2.45, 2.75) is 6.36 Å². The van der Waals surface area contributed by atoms with Gasteiger partial charge in [0, 0.05) is 5.56 Å². The second-order valence-electron chi connectivity index (χ2n) is 4.60. The number of ether oxygens (including phenoxy) is 1. The number of hydrogen-bond acceptors (Lipinski definition) is 3. The molecule has 0 amide bonds. The first-order chi connectivity index (χ1) is 10.8. The Morgan fingerprint density at radius 3 is 2.57 bits per heavy atom. The first-order valence-corrected chi connectivity index (χ1v) is 7.18. The van der Waals surface area contributed by atoms with E-state index in [2.05, 4.69) is 30.6 Å². The van der Waals surface area contributed by atoms with Crippen molar-refractivity contribution in [1.29, 1.82) is 0 Å². The number of para-hydroxylation sites is 1. The predicted octanol–water partition coefficient (Wildman–Crippen LogP) is 4.25. The van der Waals surface area contributed by atoms with Crippen molar-refractivity contribution < 1.29 is 17.9 Å². The SMILES string of the molecule is O=c1[nH]c(-c2cccc(OC(F)(F)F)c2Br)nc2ccccc12. The van der Waals surface area contributed by atoms with Crippen molar-refractivity contribution in [2.24, 2.45) is 0 Å². The Kier molecular flexibility index (Phi) is 3.85. The quantitative estimate of drug-likeness (QED) is 0.718. The average molecular weight is 385 g/mol. The minimum absolute atomic E-state index is 0.0516. The molecule has 0 fully saturated rings. The summed E-state index contributed by atoms with van der Waals surface area (Å²) in [6.07, 6.45) is -4.81. The number of nitrogens with zero attached hydrogens (tertiary/aromatic N) is 1. The van der Waals surface area contributed by atoms with E-state index in [0.717, 1.165) is 0 Å². The van der Waals surface area contributed by atoms with Gasteiger partial charge in [-0.2, -0.15) is 0 Å². The summed E-state index contributed by atoms with van der Waals surface area (Å²) in [6.45, 7) is 0. The second kappa shape index (κ2) is 5.69. The summed E-state index contributed by atoms with van der Waals surface area (Å²) in [4.78, 5) is 18.9. The largest absolute Gasteiger partial charge is 0.573 e. The van der Waals surface area contributed by atoms with Gasteiger partial charge in [0.15, 0.2) is 0 Å². The van der Waals surface area contributed by atoms with Crippen LogP contribution in [0.15, 0.2) is 51.7 Å². The third-order valence-electron chi connectivity index (χ3n) is 3.06. The number of nitrogens with one attached hydrogen (secondary N) is 1. The van der Waals surface area contributed by atoms with Crippen LogP contribution in [-0.2, 0) is 0 Å². The van der Waals surface area contributed by atoms with Crippen LogP contribution in [0.1, 0.15) is 0 Å². The molecule has 2 aromatic carbocycles. The molecule has 0 spiro atoms. The topological polar surface area (TPSA) is 55.0 Å². The molecule has 8 heteroatoms. The molecule has 0 radical (unpaired) electrons. The van der Waals surface area contributed by atoms with Crippen molar-refractivity contribution in [3.63, 3.8) is 0 Å². The first-order valence-electron chi connectivity index (χ1n) is 6.39. The molecular formula is C15H8BrF3N2O2. The van der Waals surface area contributed by atoms with Gasteiger partial charge in [-0.25, -0.2) is 4.98 Å². The lowest BCUT2D eigenvalue weighted by Gasteiger charge is -2.13. The van der Waals surface area contributed by atoms with Gasteiger partial charge in [-0.1, -0.05) is 18.2 Å². The minimum atomic E-state index is -4.81. The Hall–Kier alpha value is -2.35. The Balaban J connectivity index is 2.16. The van der Waals surface area contributed by atoms with Crippen LogP contribution in [0.3, 0.4) is 0 Å². The highest BCUT2D eigenvalue weighted by Gasteiger charge is 2.32. The monoisotopic (exact) mass is 384 g/mol. The van der Waals surface area contributed by atoms with Gasteiger partial charge in [-0.15, -0.1) is 13.2 Å². The zero-order valence-corrected chi connectivity index (χ0v) is 12.9. The number of alkyl halides is 3. The highest BCUT2D eigenvalue weighted by atomic mass is 79.9. The van der Waals surface area contributed by atoms with Gasteiger partial charge in [0.1, 0.15) is 11.6 Å². The lowest BCUT2D eigenvalue weighted by Crippen LogP contribution is -2.17. The maximum atomic E-state index is 12.4. The van der Waals surface area contributed by atoms with E-state index in [1.54, 1.807) is 24.3 Å². The molecule has 3 rings (SSSR count). The second-order valence-corrected chi connectivity index (χ2v) is 5.39. The van der Waals surface area contributed by atoms with Gasteiger partial charge in [-0.05, 0) is 40.2 Å². The standard InChI is InChI=1S/C15H8BrF3N2O2/c16-12-9(5-3-7-11(12)23-15(17,18)19)13-20-10-6-2-1-4-8(10)14(22)21-13/h1-7H,(H,20,21,22). The van der Waals surface area contributed by atoms with Crippen LogP contribution in [0.25, 0.3) is 22.3 Å². The summed E-state index contributed by atoms with van der Waals surface area (Å²) >= 11 is 3.07. The molecule has 4 nitrogen and oxygen atoms in total. The summed E-state index contributed by atoms with van der Waals surface area (Å²) in [6, 6.07) is 10.8. The van der Waals surface area contributed by atoms with E-state index in [4.69, 9.17) is 0 Å². The average Bonchev–Trinajstić information content (AvgIpc) is 2.48. The zero-order chi connectivity index (χ0) is 16.6. The smallest absolute Gasteiger partial charge is 0.405 e.